The first-order chi connectivity index (χ1) is 10.4. The molecule has 7 heteroatoms. The lowest BCUT2D eigenvalue weighted by Crippen LogP contribution is -2.36. The van der Waals surface area contributed by atoms with Crippen LogP contribution in [0, 0.1) is 5.82 Å². The molecule has 0 heterocycles. The van der Waals surface area contributed by atoms with Crippen molar-refractivity contribution in [3.05, 3.63) is 46.2 Å². The van der Waals surface area contributed by atoms with E-state index in [1.165, 1.54) is 11.0 Å². The van der Waals surface area contributed by atoms with Gasteiger partial charge in [0.15, 0.2) is 0 Å². The van der Waals surface area contributed by atoms with E-state index in [0.29, 0.717) is 0 Å². The first-order valence-corrected chi connectivity index (χ1v) is 7.44. The van der Waals surface area contributed by atoms with Gasteiger partial charge in [-0.05, 0) is 25.0 Å². The molecule has 118 valence electrons. The van der Waals surface area contributed by atoms with Gasteiger partial charge < -0.3 is 9.64 Å². The fourth-order valence-electron chi connectivity index (χ4n) is 1.98. The summed E-state index contributed by atoms with van der Waals surface area (Å²) in [6.07, 6.45) is 2.76. The fourth-order valence-corrected chi connectivity index (χ4v) is 2.44. The Kier molecular flexibility index (Phi) is 5.42. The van der Waals surface area contributed by atoms with Gasteiger partial charge in [0.1, 0.15) is 12.4 Å². The molecule has 4 nitrogen and oxygen atoms in total. The number of rotatable bonds is 6. The Morgan fingerprint density at radius 3 is 2.64 bits per heavy atom. The van der Waals surface area contributed by atoms with E-state index in [2.05, 4.69) is 6.58 Å². The third kappa shape index (κ3) is 3.99. The molecule has 1 amide bonds. The van der Waals surface area contributed by atoms with Crippen molar-refractivity contribution in [3.8, 4) is 0 Å². The molecule has 1 aliphatic rings. The van der Waals surface area contributed by atoms with Crippen molar-refractivity contribution in [1.82, 2.24) is 4.90 Å². The highest BCUT2D eigenvalue weighted by atomic mass is 35.5. The average molecular weight is 346 g/mol. The second-order valence-electron chi connectivity index (χ2n) is 4.85. The highest BCUT2D eigenvalue weighted by Gasteiger charge is 2.34. The van der Waals surface area contributed by atoms with Gasteiger partial charge in [0.2, 0.25) is 0 Å². The van der Waals surface area contributed by atoms with Crippen molar-refractivity contribution in [3.63, 3.8) is 0 Å². The summed E-state index contributed by atoms with van der Waals surface area (Å²) in [5.74, 6) is -1.67. The van der Waals surface area contributed by atoms with Crippen LogP contribution in [-0.4, -0.2) is 36.0 Å². The second kappa shape index (κ2) is 7.11. The Morgan fingerprint density at radius 2 is 2.05 bits per heavy atom. The Labute approximate surface area is 137 Å². The molecule has 0 N–H and O–H groups in total. The normalized spacial score (nSPS) is 13.6. The molecule has 0 aliphatic heterocycles. The molecule has 0 unspecified atom stereocenters. The van der Waals surface area contributed by atoms with E-state index in [-0.39, 0.29) is 34.8 Å². The molecular formula is C15H14Cl2FNO3. The maximum atomic E-state index is 13.6. The highest BCUT2D eigenvalue weighted by molar-refractivity contribution is 6.36. The van der Waals surface area contributed by atoms with Crippen molar-refractivity contribution < 1.29 is 18.7 Å². The maximum absolute atomic E-state index is 13.6. The summed E-state index contributed by atoms with van der Waals surface area (Å²) in [4.78, 5) is 25.1. The van der Waals surface area contributed by atoms with E-state index in [0.717, 1.165) is 25.0 Å². The van der Waals surface area contributed by atoms with E-state index in [4.69, 9.17) is 27.9 Å². The number of nitrogens with zero attached hydrogens (tertiary/aromatic N) is 1. The molecule has 0 bridgehead atoms. The molecule has 1 aromatic rings. The van der Waals surface area contributed by atoms with Crippen LogP contribution in [-0.2, 0) is 9.53 Å². The van der Waals surface area contributed by atoms with E-state index < -0.39 is 17.7 Å². The minimum atomic E-state index is -0.705. The predicted octanol–water partition coefficient (Wildman–Crippen LogP) is 3.47. The lowest BCUT2D eigenvalue weighted by Gasteiger charge is -2.22. The van der Waals surface area contributed by atoms with Crippen LogP contribution in [0.1, 0.15) is 23.2 Å². The number of ether oxygens (including phenoxy) is 1. The molecule has 0 saturated heterocycles. The summed E-state index contributed by atoms with van der Waals surface area (Å²) in [5.41, 5.74) is 0.0468. The molecule has 0 radical (unpaired) electrons. The third-order valence-corrected chi connectivity index (χ3v) is 3.83. The van der Waals surface area contributed by atoms with Gasteiger partial charge in [-0.1, -0.05) is 29.8 Å². The number of hydrogen-bond donors (Lipinski definition) is 0. The summed E-state index contributed by atoms with van der Waals surface area (Å²) in [6.45, 7) is 3.55. The number of carbonyl (C=O) groups excluding carboxylic acids is 2. The van der Waals surface area contributed by atoms with Crippen LogP contribution >= 0.6 is 23.2 Å². The Bertz CT molecular complexity index is 617. The SMILES string of the molecule is C=CC(=O)OCCN(C(=O)c1cc(F)c(Cl)cc1Cl)C1CC1. The van der Waals surface area contributed by atoms with Gasteiger partial charge in [-0.3, -0.25) is 4.79 Å². The van der Waals surface area contributed by atoms with Gasteiger partial charge in [0.25, 0.3) is 5.91 Å². The van der Waals surface area contributed by atoms with Crippen molar-refractivity contribution >= 4 is 35.1 Å². The summed E-state index contributed by atoms with van der Waals surface area (Å²) >= 11 is 11.6. The van der Waals surface area contributed by atoms with Crippen molar-refractivity contribution in [2.45, 2.75) is 18.9 Å². The van der Waals surface area contributed by atoms with Gasteiger partial charge in [-0.15, -0.1) is 0 Å². The van der Waals surface area contributed by atoms with Crippen molar-refractivity contribution in [2.24, 2.45) is 0 Å². The largest absolute Gasteiger partial charge is 0.461 e. The molecule has 0 spiro atoms. The number of benzene rings is 1. The zero-order valence-corrected chi connectivity index (χ0v) is 13.2. The van der Waals surface area contributed by atoms with E-state index in [1.54, 1.807) is 0 Å². The van der Waals surface area contributed by atoms with Crippen molar-refractivity contribution in [2.75, 3.05) is 13.2 Å². The van der Waals surface area contributed by atoms with Crippen LogP contribution in [0.3, 0.4) is 0 Å². The van der Waals surface area contributed by atoms with E-state index >= 15 is 0 Å². The molecule has 1 aliphatic carbocycles. The predicted molar refractivity (Wildman–Crippen MR) is 81.6 cm³/mol. The molecule has 2 rings (SSSR count). The average Bonchev–Trinajstić information content (AvgIpc) is 3.31. The molecule has 0 aromatic heterocycles. The summed E-state index contributed by atoms with van der Waals surface area (Å²) in [5, 5.41) is -0.0513. The van der Waals surface area contributed by atoms with Gasteiger partial charge in [-0.25, -0.2) is 9.18 Å². The number of carbonyl (C=O) groups is 2. The zero-order valence-electron chi connectivity index (χ0n) is 11.7. The zero-order chi connectivity index (χ0) is 16.3. The fraction of sp³-hybridized carbons (Fsp3) is 0.333. The first kappa shape index (κ1) is 16.8. The van der Waals surface area contributed by atoms with Crippen LogP contribution in [0.25, 0.3) is 0 Å². The maximum Gasteiger partial charge on any atom is 0.330 e. The second-order valence-corrected chi connectivity index (χ2v) is 5.66. The molecule has 1 fully saturated rings. The van der Waals surface area contributed by atoms with Crippen LogP contribution in [0.2, 0.25) is 10.0 Å². The molecule has 0 atom stereocenters. The van der Waals surface area contributed by atoms with Gasteiger partial charge >= 0.3 is 5.97 Å². The Hall–Kier alpha value is -1.59. The first-order valence-electron chi connectivity index (χ1n) is 6.68. The van der Waals surface area contributed by atoms with Crippen LogP contribution < -0.4 is 0 Å². The third-order valence-electron chi connectivity index (χ3n) is 3.23. The van der Waals surface area contributed by atoms with Crippen LogP contribution in [0.4, 0.5) is 4.39 Å². The summed E-state index contributed by atoms with van der Waals surface area (Å²) in [7, 11) is 0. The lowest BCUT2D eigenvalue weighted by atomic mass is 10.2. The number of halogens is 3. The standard InChI is InChI=1S/C15H14Cl2FNO3/c1-2-14(20)22-6-5-19(9-3-4-9)15(21)10-7-13(18)12(17)8-11(10)16/h2,7-9H,1,3-6H2. The van der Waals surface area contributed by atoms with Gasteiger partial charge in [0, 0.05) is 12.1 Å². The van der Waals surface area contributed by atoms with E-state index in [9.17, 15) is 14.0 Å². The molecule has 1 aromatic carbocycles. The quantitative estimate of drug-likeness (QED) is 0.450. The van der Waals surface area contributed by atoms with Crippen LogP contribution in [0.5, 0.6) is 0 Å². The van der Waals surface area contributed by atoms with Gasteiger partial charge in [-0.2, -0.15) is 0 Å². The van der Waals surface area contributed by atoms with Gasteiger partial charge in [0.05, 0.1) is 22.2 Å². The number of hydrogen-bond acceptors (Lipinski definition) is 3. The number of esters is 1. The number of amides is 1. The summed E-state index contributed by atoms with van der Waals surface area (Å²) < 4.78 is 18.4. The summed E-state index contributed by atoms with van der Waals surface area (Å²) in [6, 6.07) is 2.29. The monoisotopic (exact) mass is 345 g/mol. The Morgan fingerprint density at radius 1 is 1.36 bits per heavy atom. The lowest BCUT2D eigenvalue weighted by molar-refractivity contribution is -0.138. The minimum Gasteiger partial charge on any atom is -0.461 e. The Balaban J connectivity index is 2.11. The topological polar surface area (TPSA) is 46.6 Å². The van der Waals surface area contributed by atoms with Crippen molar-refractivity contribution in [1.29, 1.82) is 0 Å². The highest BCUT2D eigenvalue weighted by Crippen LogP contribution is 2.31. The molecule has 1 saturated carbocycles. The molecular weight excluding hydrogens is 332 g/mol. The smallest absolute Gasteiger partial charge is 0.330 e. The minimum absolute atomic E-state index is 0.0424. The van der Waals surface area contributed by atoms with Crippen LogP contribution in [0.15, 0.2) is 24.8 Å². The van der Waals surface area contributed by atoms with E-state index in [1.807, 2.05) is 0 Å². The molecule has 22 heavy (non-hydrogen) atoms.